The van der Waals surface area contributed by atoms with Gasteiger partial charge in [-0.25, -0.2) is 9.67 Å². The van der Waals surface area contributed by atoms with Gasteiger partial charge in [-0.2, -0.15) is 0 Å². The zero-order chi connectivity index (χ0) is 18.8. The van der Waals surface area contributed by atoms with Gasteiger partial charge in [0.1, 0.15) is 5.82 Å². The van der Waals surface area contributed by atoms with E-state index in [0.29, 0.717) is 11.6 Å². The van der Waals surface area contributed by atoms with E-state index in [-0.39, 0.29) is 42.1 Å². The summed E-state index contributed by atoms with van der Waals surface area (Å²) in [5.74, 6) is 0.877. The first kappa shape index (κ1) is 21.7. The second-order valence-corrected chi connectivity index (χ2v) is 7.64. The molecule has 3 rings (SSSR count). The van der Waals surface area contributed by atoms with Gasteiger partial charge in [0.05, 0.1) is 10.7 Å². The highest BCUT2D eigenvalue weighted by Crippen LogP contribution is 2.25. The molecular formula is C19H27Cl2N5O. The number of nitrogens with two attached hydrogens (primary N) is 1. The molecule has 0 saturated carbocycles. The van der Waals surface area contributed by atoms with Crippen molar-refractivity contribution in [1.29, 1.82) is 0 Å². The Hall–Kier alpha value is -1.63. The van der Waals surface area contributed by atoms with Crippen LogP contribution in [0.15, 0.2) is 24.3 Å². The summed E-state index contributed by atoms with van der Waals surface area (Å²) in [4.78, 5) is 19.5. The molecule has 1 aliphatic heterocycles. The molecule has 1 saturated heterocycles. The minimum absolute atomic E-state index is 0. The van der Waals surface area contributed by atoms with Gasteiger partial charge in [-0.15, -0.1) is 17.5 Å². The van der Waals surface area contributed by atoms with Gasteiger partial charge in [-0.05, 0) is 38.3 Å². The summed E-state index contributed by atoms with van der Waals surface area (Å²) < 4.78 is 1.69. The van der Waals surface area contributed by atoms with Crippen LogP contribution in [0.25, 0.3) is 5.69 Å². The van der Waals surface area contributed by atoms with E-state index < -0.39 is 0 Å². The number of likely N-dealkylation sites (tertiary alicyclic amines) is 1. The Morgan fingerprint density at radius 3 is 2.59 bits per heavy atom. The summed E-state index contributed by atoms with van der Waals surface area (Å²) in [6, 6.07) is 7.40. The number of carbonyl (C=O) groups is 1. The Morgan fingerprint density at radius 2 is 1.96 bits per heavy atom. The van der Waals surface area contributed by atoms with Gasteiger partial charge in [0.2, 0.25) is 5.82 Å². The van der Waals surface area contributed by atoms with Crippen LogP contribution in [-0.2, 0) is 0 Å². The van der Waals surface area contributed by atoms with Crippen molar-refractivity contribution < 1.29 is 4.79 Å². The Bertz CT molecular complexity index is 790. The SMILES string of the molecule is CC(C)c1nc(C(=O)N2CCCCC2C(C)N)nn1-c1ccccc1Cl.Cl. The molecule has 27 heavy (non-hydrogen) atoms. The fourth-order valence-electron chi connectivity index (χ4n) is 3.47. The number of rotatable bonds is 4. The highest BCUT2D eigenvalue weighted by molar-refractivity contribution is 6.32. The lowest BCUT2D eigenvalue weighted by molar-refractivity contribution is 0.0571. The van der Waals surface area contributed by atoms with Crippen LogP contribution in [0.5, 0.6) is 0 Å². The van der Waals surface area contributed by atoms with Gasteiger partial charge < -0.3 is 10.6 Å². The largest absolute Gasteiger partial charge is 0.331 e. The standard InChI is InChI=1S/C19H26ClN5O.ClH/c1-12(2)18-22-17(23-25(18)16-10-5-4-8-14(16)20)19(26)24-11-7-6-9-15(24)13(3)21;/h4-5,8,10,12-13,15H,6-7,9,11,21H2,1-3H3;1H. The van der Waals surface area contributed by atoms with Crippen molar-refractivity contribution in [3.8, 4) is 5.69 Å². The normalized spacial score (nSPS) is 18.3. The maximum Gasteiger partial charge on any atom is 0.293 e. The molecular weight excluding hydrogens is 385 g/mol. The number of piperidine rings is 1. The number of halogens is 2. The number of hydrogen-bond acceptors (Lipinski definition) is 4. The molecule has 0 radical (unpaired) electrons. The van der Waals surface area contributed by atoms with Crippen LogP contribution in [0.4, 0.5) is 0 Å². The first-order valence-electron chi connectivity index (χ1n) is 9.18. The first-order valence-corrected chi connectivity index (χ1v) is 9.56. The molecule has 8 heteroatoms. The molecule has 1 aromatic heterocycles. The molecule has 2 atom stereocenters. The van der Waals surface area contributed by atoms with Crippen LogP contribution in [0.1, 0.15) is 62.4 Å². The van der Waals surface area contributed by atoms with Gasteiger partial charge in [0.15, 0.2) is 0 Å². The van der Waals surface area contributed by atoms with Gasteiger partial charge in [-0.1, -0.05) is 37.6 Å². The van der Waals surface area contributed by atoms with Crippen LogP contribution in [0.3, 0.4) is 0 Å². The third-order valence-electron chi connectivity index (χ3n) is 4.84. The topological polar surface area (TPSA) is 77.0 Å². The summed E-state index contributed by atoms with van der Waals surface area (Å²) in [5, 5.41) is 5.09. The predicted octanol–water partition coefficient (Wildman–Crippen LogP) is 3.81. The summed E-state index contributed by atoms with van der Waals surface area (Å²) in [6.07, 6.45) is 3.00. The van der Waals surface area contributed by atoms with Gasteiger partial charge in [0.25, 0.3) is 5.91 Å². The summed E-state index contributed by atoms with van der Waals surface area (Å²) >= 11 is 6.34. The van der Waals surface area contributed by atoms with Crippen LogP contribution >= 0.6 is 24.0 Å². The molecule has 1 aliphatic rings. The van der Waals surface area contributed by atoms with E-state index in [1.807, 2.05) is 43.9 Å². The number of benzene rings is 1. The van der Waals surface area contributed by atoms with Gasteiger partial charge >= 0.3 is 0 Å². The molecule has 2 unspecified atom stereocenters. The van der Waals surface area contributed by atoms with E-state index in [1.54, 1.807) is 10.7 Å². The Labute approximate surface area is 171 Å². The molecule has 1 amide bonds. The van der Waals surface area contributed by atoms with Gasteiger partial charge in [0, 0.05) is 24.5 Å². The second-order valence-electron chi connectivity index (χ2n) is 7.23. The van der Waals surface area contributed by atoms with Crippen LogP contribution in [0.2, 0.25) is 5.02 Å². The summed E-state index contributed by atoms with van der Waals surface area (Å²) in [5.41, 5.74) is 6.84. The highest BCUT2D eigenvalue weighted by Gasteiger charge is 2.32. The average Bonchev–Trinajstić information content (AvgIpc) is 3.07. The average molecular weight is 412 g/mol. The van der Waals surface area contributed by atoms with Crippen LogP contribution in [0, 0.1) is 0 Å². The number of carbonyl (C=O) groups excluding carboxylic acids is 1. The number of para-hydroxylation sites is 1. The lowest BCUT2D eigenvalue weighted by Gasteiger charge is -2.37. The van der Waals surface area contributed by atoms with Crippen LogP contribution < -0.4 is 5.73 Å². The Morgan fingerprint density at radius 1 is 1.26 bits per heavy atom. The third kappa shape index (κ3) is 4.45. The molecule has 2 N–H and O–H groups in total. The van der Waals surface area contributed by atoms with Crippen molar-refractivity contribution in [1.82, 2.24) is 19.7 Å². The molecule has 2 aromatic rings. The van der Waals surface area contributed by atoms with Crippen LogP contribution in [-0.4, -0.2) is 44.2 Å². The second kappa shape index (κ2) is 9.04. The number of amides is 1. The summed E-state index contributed by atoms with van der Waals surface area (Å²) in [6.45, 7) is 6.70. The van der Waals surface area contributed by atoms with E-state index >= 15 is 0 Å². The van der Waals surface area contributed by atoms with Crippen molar-refractivity contribution in [2.75, 3.05) is 6.54 Å². The molecule has 1 fully saturated rings. The number of aromatic nitrogens is 3. The van der Waals surface area contributed by atoms with E-state index in [0.717, 1.165) is 30.8 Å². The quantitative estimate of drug-likeness (QED) is 0.829. The fraction of sp³-hybridized carbons (Fsp3) is 0.526. The fourth-order valence-corrected chi connectivity index (χ4v) is 3.69. The third-order valence-corrected chi connectivity index (χ3v) is 5.16. The number of hydrogen-bond donors (Lipinski definition) is 1. The summed E-state index contributed by atoms with van der Waals surface area (Å²) in [7, 11) is 0. The predicted molar refractivity (Wildman–Crippen MR) is 110 cm³/mol. The Kier molecular flexibility index (Phi) is 7.25. The molecule has 148 valence electrons. The van der Waals surface area contributed by atoms with Crippen molar-refractivity contribution in [2.24, 2.45) is 5.73 Å². The van der Waals surface area contributed by atoms with E-state index in [9.17, 15) is 4.79 Å². The maximum atomic E-state index is 13.1. The van der Waals surface area contributed by atoms with Gasteiger partial charge in [-0.3, -0.25) is 4.79 Å². The van der Waals surface area contributed by atoms with E-state index in [4.69, 9.17) is 17.3 Å². The van der Waals surface area contributed by atoms with Crippen molar-refractivity contribution in [3.63, 3.8) is 0 Å². The minimum Gasteiger partial charge on any atom is -0.331 e. The maximum absolute atomic E-state index is 13.1. The zero-order valence-corrected chi connectivity index (χ0v) is 17.5. The molecule has 2 heterocycles. The molecule has 0 spiro atoms. The highest BCUT2D eigenvalue weighted by atomic mass is 35.5. The molecule has 6 nitrogen and oxygen atoms in total. The zero-order valence-electron chi connectivity index (χ0n) is 15.9. The minimum atomic E-state index is -0.153. The van der Waals surface area contributed by atoms with Crippen molar-refractivity contribution >= 4 is 29.9 Å². The molecule has 1 aromatic carbocycles. The first-order chi connectivity index (χ1) is 12.4. The lowest BCUT2D eigenvalue weighted by atomic mass is 9.97. The lowest BCUT2D eigenvalue weighted by Crippen LogP contribution is -2.51. The number of nitrogens with zero attached hydrogens (tertiary/aromatic N) is 4. The van der Waals surface area contributed by atoms with E-state index in [2.05, 4.69) is 10.1 Å². The Balaban J connectivity index is 0.00000261. The molecule has 0 aliphatic carbocycles. The monoisotopic (exact) mass is 411 g/mol. The van der Waals surface area contributed by atoms with E-state index in [1.165, 1.54) is 0 Å². The van der Waals surface area contributed by atoms with Crippen molar-refractivity contribution in [3.05, 3.63) is 40.9 Å². The van der Waals surface area contributed by atoms with Crippen molar-refractivity contribution in [2.45, 2.75) is 58.0 Å². The smallest absolute Gasteiger partial charge is 0.293 e. The molecule has 0 bridgehead atoms.